The van der Waals surface area contributed by atoms with Crippen molar-refractivity contribution < 1.29 is 0 Å². The van der Waals surface area contributed by atoms with Crippen molar-refractivity contribution in [3.63, 3.8) is 0 Å². The van der Waals surface area contributed by atoms with Crippen LogP contribution in [0.2, 0.25) is 0 Å². The van der Waals surface area contributed by atoms with Gasteiger partial charge in [-0.1, -0.05) is 12.8 Å². The van der Waals surface area contributed by atoms with Crippen molar-refractivity contribution in [2.24, 2.45) is 5.92 Å². The number of rotatable bonds is 5. The van der Waals surface area contributed by atoms with Gasteiger partial charge in [-0.15, -0.1) is 0 Å². The first kappa shape index (κ1) is 12.4. The van der Waals surface area contributed by atoms with Crippen molar-refractivity contribution in [3.05, 3.63) is 0 Å². The minimum atomic E-state index is 0.711. The van der Waals surface area contributed by atoms with Gasteiger partial charge in [-0.2, -0.15) is 0 Å². The van der Waals surface area contributed by atoms with Crippen LogP contribution in [0.25, 0.3) is 0 Å². The van der Waals surface area contributed by atoms with Gasteiger partial charge < -0.3 is 5.32 Å². The normalized spacial score (nSPS) is 27.4. The summed E-state index contributed by atoms with van der Waals surface area (Å²) in [6.45, 7) is 8.55. The van der Waals surface area contributed by atoms with E-state index in [2.05, 4.69) is 24.1 Å². The molecule has 2 nitrogen and oxygen atoms in total. The Kier molecular flexibility index (Phi) is 4.66. The third-order valence-electron chi connectivity index (χ3n) is 4.32. The summed E-state index contributed by atoms with van der Waals surface area (Å²) in [5.74, 6) is 0.990. The molecule has 0 aromatic rings. The van der Waals surface area contributed by atoms with Crippen LogP contribution in [0.5, 0.6) is 0 Å². The average molecular weight is 224 g/mol. The lowest BCUT2D eigenvalue weighted by molar-refractivity contribution is 0.173. The standard InChI is InChI=1S/C14H28N2/c1-12(2)16(10-13-6-3-4-7-13)11-14-8-5-9-15-14/h12-15H,3-11H2,1-2H3. The third kappa shape index (κ3) is 3.46. The molecule has 0 aromatic heterocycles. The van der Waals surface area contributed by atoms with Gasteiger partial charge in [0, 0.05) is 25.2 Å². The lowest BCUT2D eigenvalue weighted by Gasteiger charge is -2.31. The second-order valence-corrected chi connectivity index (χ2v) is 5.99. The monoisotopic (exact) mass is 224 g/mol. The fourth-order valence-corrected chi connectivity index (χ4v) is 3.22. The molecule has 1 saturated carbocycles. The molecule has 1 unspecified atom stereocenters. The predicted octanol–water partition coefficient (Wildman–Crippen LogP) is 2.64. The van der Waals surface area contributed by atoms with Crippen LogP contribution in [-0.4, -0.2) is 36.6 Å². The quantitative estimate of drug-likeness (QED) is 0.772. The zero-order valence-corrected chi connectivity index (χ0v) is 11.0. The Labute approximate surface area is 101 Å². The zero-order valence-electron chi connectivity index (χ0n) is 11.0. The molecule has 1 aliphatic heterocycles. The summed E-state index contributed by atoms with van der Waals surface area (Å²) in [6, 6.07) is 1.48. The number of nitrogens with one attached hydrogen (secondary N) is 1. The minimum Gasteiger partial charge on any atom is -0.313 e. The van der Waals surface area contributed by atoms with Gasteiger partial charge in [-0.3, -0.25) is 4.90 Å². The zero-order chi connectivity index (χ0) is 11.4. The van der Waals surface area contributed by atoms with Crippen molar-refractivity contribution in [1.29, 1.82) is 0 Å². The van der Waals surface area contributed by atoms with E-state index in [0.29, 0.717) is 6.04 Å². The van der Waals surface area contributed by atoms with E-state index < -0.39 is 0 Å². The van der Waals surface area contributed by atoms with E-state index in [4.69, 9.17) is 0 Å². The van der Waals surface area contributed by atoms with Crippen molar-refractivity contribution >= 4 is 0 Å². The largest absolute Gasteiger partial charge is 0.313 e. The molecule has 1 atom stereocenters. The minimum absolute atomic E-state index is 0.711. The molecule has 1 N–H and O–H groups in total. The first-order chi connectivity index (χ1) is 7.75. The molecule has 1 aliphatic carbocycles. The van der Waals surface area contributed by atoms with Crippen LogP contribution in [0.4, 0.5) is 0 Å². The summed E-state index contributed by atoms with van der Waals surface area (Å²) in [4.78, 5) is 2.71. The highest BCUT2D eigenvalue weighted by atomic mass is 15.2. The Bertz CT molecular complexity index is 173. The van der Waals surface area contributed by atoms with Crippen LogP contribution in [0.3, 0.4) is 0 Å². The summed E-state index contributed by atoms with van der Waals surface area (Å²) in [7, 11) is 0. The summed E-state index contributed by atoms with van der Waals surface area (Å²) in [5.41, 5.74) is 0. The van der Waals surface area contributed by atoms with Crippen LogP contribution in [0, 0.1) is 5.92 Å². The highest BCUT2D eigenvalue weighted by molar-refractivity contribution is 4.81. The first-order valence-corrected chi connectivity index (χ1v) is 7.23. The molecule has 2 fully saturated rings. The molecule has 0 amide bonds. The van der Waals surface area contributed by atoms with E-state index in [9.17, 15) is 0 Å². The van der Waals surface area contributed by atoms with E-state index >= 15 is 0 Å². The molecule has 16 heavy (non-hydrogen) atoms. The van der Waals surface area contributed by atoms with Gasteiger partial charge >= 0.3 is 0 Å². The molecular formula is C14H28N2. The van der Waals surface area contributed by atoms with E-state index in [1.165, 1.54) is 58.2 Å². The average Bonchev–Trinajstić information content (AvgIpc) is 2.88. The summed E-state index contributed by atoms with van der Waals surface area (Å²) >= 11 is 0. The maximum absolute atomic E-state index is 3.63. The van der Waals surface area contributed by atoms with Gasteiger partial charge in [0.2, 0.25) is 0 Å². The summed E-state index contributed by atoms with van der Waals surface area (Å²) < 4.78 is 0. The Balaban J connectivity index is 1.78. The molecule has 2 heteroatoms. The Morgan fingerprint density at radius 1 is 1.06 bits per heavy atom. The molecule has 0 bridgehead atoms. The predicted molar refractivity (Wildman–Crippen MR) is 69.7 cm³/mol. The van der Waals surface area contributed by atoms with E-state index in [1.54, 1.807) is 0 Å². The Morgan fingerprint density at radius 2 is 1.81 bits per heavy atom. The molecule has 94 valence electrons. The van der Waals surface area contributed by atoms with Gasteiger partial charge in [0.1, 0.15) is 0 Å². The van der Waals surface area contributed by atoms with Gasteiger partial charge in [-0.25, -0.2) is 0 Å². The molecule has 0 aromatic carbocycles. The first-order valence-electron chi connectivity index (χ1n) is 7.23. The van der Waals surface area contributed by atoms with E-state index in [0.717, 1.165) is 12.0 Å². The van der Waals surface area contributed by atoms with Gasteiger partial charge in [0.05, 0.1) is 0 Å². The Hall–Kier alpha value is -0.0800. The lowest BCUT2D eigenvalue weighted by Crippen LogP contribution is -2.43. The van der Waals surface area contributed by atoms with Crippen LogP contribution in [0.1, 0.15) is 52.4 Å². The lowest BCUT2D eigenvalue weighted by atomic mass is 10.1. The smallest absolute Gasteiger partial charge is 0.0195 e. The van der Waals surface area contributed by atoms with Crippen LogP contribution in [-0.2, 0) is 0 Å². The number of hydrogen-bond donors (Lipinski definition) is 1. The molecule has 0 radical (unpaired) electrons. The van der Waals surface area contributed by atoms with Crippen molar-refractivity contribution in [1.82, 2.24) is 10.2 Å². The van der Waals surface area contributed by atoms with E-state index in [-0.39, 0.29) is 0 Å². The van der Waals surface area contributed by atoms with Crippen molar-refractivity contribution in [3.8, 4) is 0 Å². The molecule has 1 heterocycles. The fraction of sp³-hybridized carbons (Fsp3) is 1.00. The van der Waals surface area contributed by atoms with Crippen molar-refractivity contribution in [2.45, 2.75) is 64.5 Å². The molecular weight excluding hydrogens is 196 g/mol. The van der Waals surface area contributed by atoms with E-state index in [1.807, 2.05) is 0 Å². The van der Waals surface area contributed by atoms with Crippen LogP contribution in [0.15, 0.2) is 0 Å². The van der Waals surface area contributed by atoms with Crippen LogP contribution >= 0.6 is 0 Å². The molecule has 2 aliphatic rings. The summed E-state index contributed by atoms with van der Waals surface area (Å²) in [6.07, 6.45) is 8.65. The second-order valence-electron chi connectivity index (χ2n) is 5.99. The number of nitrogens with zero attached hydrogens (tertiary/aromatic N) is 1. The van der Waals surface area contributed by atoms with Gasteiger partial charge in [0.15, 0.2) is 0 Å². The highest BCUT2D eigenvalue weighted by Gasteiger charge is 2.23. The maximum atomic E-state index is 3.63. The highest BCUT2D eigenvalue weighted by Crippen LogP contribution is 2.26. The molecule has 0 spiro atoms. The molecule has 2 rings (SSSR count). The Morgan fingerprint density at radius 3 is 2.38 bits per heavy atom. The fourth-order valence-electron chi connectivity index (χ4n) is 3.22. The SMILES string of the molecule is CC(C)N(CC1CCCC1)CC1CCCN1. The van der Waals surface area contributed by atoms with Gasteiger partial charge in [0.25, 0.3) is 0 Å². The number of hydrogen-bond acceptors (Lipinski definition) is 2. The topological polar surface area (TPSA) is 15.3 Å². The second kappa shape index (κ2) is 6.02. The van der Waals surface area contributed by atoms with Crippen LogP contribution < -0.4 is 5.32 Å². The maximum Gasteiger partial charge on any atom is 0.0195 e. The summed E-state index contributed by atoms with van der Waals surface area (Å²) in [5, 5.41) is 3.63. The third-order valence-corrected chi connectivity index (χ3v) is 4.32. The molecule has 1 saturated heterocycles. The van der Waals surface area contributed by atoms with Gasteiger partial charge in [-0.05, 0) is 52.0 Å². The van der Waals surface area contributed by atoms with Crippen molar-refractivity contribution in [2.75, 3.05) is 19.6 Å².